The standard InChI is InChI=1S/C26H32N6O2/c1-31(2)17-24(33)32-12-10-18(11-13-32)20-8-9-23(22(14-20)19-6-4-3-5-7-19)30-26(34)25-28-16-21(15-27)29-25/h6,8-9,14,16,18H,3-5,7,10-13,17H2,1-2H3,(H,28,29)(H,30,34)/p+1. The number of quaternary nitrogens is 1. The maximum absolute atomic E-state index is 12.8. The second kappa shape index (κ2) is 10.7. The fraction of sp³-hybridized carbons (Fsp3) is 0.462. The number of hydrogen-bond donors (Lipinski definition) is 3. The minimum Gasteiger partial charge on any atom is -0.338 e. The number of nitriles is 1. The van der Waals surface area contributed by atoms with E-state index in [-0.39, 0.29) is 23.3 Å². The largest absolute Gasteiger partial charge is 0.338 e. The number of amides is 2. The van der Waals surface area contributed by atoms with Gasteiger partial charge in [0.2, 0.25) is 0 Å². The predicted molar refractivity (Wildman–Crippen MR) is 130 cm³/mol. The van der Waals surface area contributed by atoms with E-state index in [1.165, 1.54) is 23.8 Å². The number of H-pyrrole nitrogens is 1. The van der Waals surface area contributed by atoms with Gasteiger partial charge in [-0.1, -0.05) is 12.1 Å². The SMILES string of the molecule is C[NH+](C)CC(=O)N1CCC(c2ccc(NC(=O)c3ncc(C#N)[nH]3)c(C3=CCCCC3)c2)CC1. The molecule has 2 aromatic rings. The summed E-state index contributed by atoms with van der Waals surface area (Å²) in [6.07, 6.45) is 9.90. The number of rotatable bonds is 6. The molecule has 1 fully saturated rings. The molecular weight excluding hydrogens is 428 g/mol. The molecule has 1 aromatic carbocycles. The third-order valence-electron chi connectivity index (χ3n) is 6.66. The number of nitrogens with zero attached hydrogens (tertiary/aromatic N) is 3. The average Bonchev–Trinajstić information content (AvgIpc) is 3.34. The number of carbonyl (C=O) groups excluding carboxylic acids is 2. The molecule has 1 aliphatic carbocycles. The van der Waals surface area contributed by atoms with Gasteiger partial charge in [0.1, 0.15) is 11.8 Å². The zero-order chi connectivity index (χ0) is 24.1. The van der Waals surface area contributed by atoms with E-state index in [4.69, 9.17) is 5.26 Å². The van der Waals surface area contributed by atoms with Crippen molar-refractivity contribution in [3.63, 3.8) is 0 Å². The van der Waals surface area contributed by atoms with E-state index in [0.717, 1.165) is 61.3 Å². The third kappa shape index (κ3) is 5.54. The lowest BCUT2D eigenvalue weighted by Crippen LogP contribution is -3.07. The van der Waals surface area contributed by atoms with E-state index in [0.29, 0.717) is 12.5 Å². The highest BCUT2D eigenvalue weighted by Crippen LogP contribution is 2.36. The van der Waals surface area contributed by atoms with Gasteiger partial charge in [-0.25, -0.2) is 4.98 Å². The summed E-state index contributed by atoms with van der Waals surface area (Å²) in [4.78, 5) is 35.1. The van der Waals surface area contributed by atoms with E-state index in [9.17, 15) is 9.59 Å². The van der Waals surface area contributed by atoms with Gasteiger partial charge < -0.3 is 20.1 Å². The fourth-order valence-electron chi connectivity index (χ4n) is 4.82. The predicted octanol–water partition coefficient (Wildman–Crippen LogP) is 2.34. The number of benzene rings is 1. The number of aromatic amines is 1. The van der Waals surface area contributed by atoms with Gasteiger partial charge in [0, 0.05) is 24.3 Å². The molecule has 8 heteroatoms. The van der Waals surface area contributed by atoms with Crippen molar-refractivity contribution in [1.29, 1.82) is 5.26 Å². The highest BCUT2D eigenvalue weighted by molar-refractivity contribution is 6.03. The Morgan fingerprint density at radius 3 is 2.71 bits per heavy atom. The number of nitrogens with one attached hydrogen (secondary N) is 3. The summed E-state index contributed by atoms with van der Waals surface area (Å²) in [5, 5.41) is 12.0. The average molecular weight is 462 g/mol. The van der Waals surface area contributed by atoms with Crippen LogP contribution in [0.4, 0.5) is 5.69 Å². The van der Waals surface area contributed by atoms with Crippen LogP contribution in [-0.4, -0.2) is 60.4 Å². The zero-order valence-corrected chi connectivity index (χ0v) is 20.0. The molecule has 0 unspecified atom stereocenters. The van der Waals surface area contributed by atoms with Gasteiger partial charge in [-0.05, 0) is 67.7 Å². The normalized spacial score (nSPS) is 16.8. The highest BCUT2D eigenvalue weighted by Gasteiger charge is 2.26. The van der Waals surface area contributed by atoms with E-state index < -0.39 is 0 Å². The number of carbonyl (C=O) groups is 2. The summed E-state index contributed by atoms with van der Waals surface area (Å²) < 4.78 is 0. The number of aromatic nitrogens is 2. The summed E-state index contributed by atoms with van der Waals surface area (Å²) in [5.41, 5.74) is 4.61. The lowest BCUT2D eigenvalue weighted by Gasteiger charge is -2.32. The first-order valence-electron chi connectivity index (χ1n) is 12.1. The molecule has 2 heterocycles. The third-order valence-corrected chi connectivity index (χ3v) is 6.66. The second-order valence-electron chi connectivity index (χ2n) is 9.53. The van der Waals surface area contributed by atoms with Gasteiger partial charge in [0.05, 0.1) is 20.3 Å². The van der Waals surface area contributed by atoms with Crippen LogP contribution in [0.1, 0.15) is 71.9 Å². The first kappa shape index (κ1) is 23.7. The van der Waals surface area contributed by atoms with Gasteiger partial charge in [-0.15, -0.1) is 0 Å². The molecule has 2 amide bonds. The number of hydrogen-bond acceptors (Lipinski definition) is 4. The molecule has 0 atom stereocenters. The van der Waals surface area contributed by atoms with Crippen LogP contribution in [0.15, 0.2) is 30.5 Å². The Bertz CT molecular complexity index is 1120. The van der Waals surface area contributed by atoms with Crippen molar-refractivity contribution >= 4 is 23.1 Å². The summed E-state index contributed by atoms with van der Waals surface area (Å²) >= 11 is 0. The van der Waals surface area contributed by atoms with Crippen molar-refractivity contribution in [2.75, 3.05) is 39.0 Å². The monoisotopic (exact) mass is 461 g/mol. The molecule has 178 valence electrons. The number of piperidine rings is 1. The molecule has 8 nitrogen and oxygen atoms in total. The quantitative estimate of drug-likeness (QED) is 0.614. The van der Waals surface area contributed by atoms with Crippen LogP contribution < -0.4 is 10.2 Å². The first-order chi connectivity index (χ1) is 16.4. The number of likely N-dealkylation sites (N-methyl/N-ethyl adjacent to an activating group) is 1. The van der Waals surface area contributed by atoms with Gasteiger partial charge >= 0.3 is 0 Å². The van der Waals surface area contributed by atoms with Gasteiger partial charge in [-0.3, -0.25) is 9.59 Å². The molecule has 4 rings (SSSR count). The van der Waals surface area contributed by atoms with Crippen LogP contribution in [0.3, 0.4) is 0 Å². The van der Waals surface area contributed by atoms with Crippen LogP contribution in [0.25, 0.3) is 5.57 Å². The summed E-state index contributed by atoms with van der Waals surface area (Å²) in [6, 6.07) is 8.26. The number of likely N-dealkylation sites (tertiary alicyclic amines) is 1. The topological polar surface area (TPSA) is 106 Å². The molecule has 1 aromatic heterocycles. The number of anilines is 1. The van der Waals surface area contributed by atoms with E-state index in [1.807, 2.05) is 31.1 Å². The van der Waals surface area contributed by atoms with Crippen LogP contribution in [0, 0.1) is 11.3 Å². The fourth-order valence-corrected chi connectivity index (χ4v) is 4.82. The summed E-state index contributed by atoms with van der Waals surface area (Å²) in [7, 11) is 4.00. The maximum Gasteiger partial charge on any atom is 0.291 e. The minimum absolute atomic E-state index is 0.126. The Balaban J connectivity index is 1.53. The summed E-state index contributed by atoms with van der Waals surface area (Å²) in [5.74, 6) is 0.385. The zero-order valence-electron chi connectivity index (χ0n) is 20.0. The lowest BCUT2D eigenvalue weighted by atomic mass is 9.85. The van der Waals surface area contributed by atoms with Gasteiger partial charge in [0.25, 0.3) is 11.8 Å². The Labute approximate surface area is 200 Å². The van der Waals surface area contributed by atoms with Gasteiger partial charge in [0.15, 0.2) is 12.4 Å². The smallest absolute Gasteiger partial charge is 0.291 e. The van der Waals surface area contributed by atoms with Crippen LogP contribution in [0.5, 0.6) is 0 Å². The Hall–Kier alpha value is -3.44. The highest BCUT2D eigenvalue weighted by atomic mass is 16.2. The molecule has 34 heavy (non-hydrogen) atoms. The Kier molecular flexibility index (Phi) is 7.43. The van der Waals surface area contributed by atoms with E-state index in [2.05, 4.69) is 33.5 Å². The molecule has 0 radical (unpaired) electrons. The van der Waals surface area contributed by atoms with E-state index >= 15 is 0 Å². The number of imidazole rings is 1. The van der Waals surface area contributed by atoms with Crippen LogP contribution >= 0.6 is 0 Å². The van der Waals surface area contributed by atoms with Crippen molar-refractivity contribution in [2.24, 2.45) is 0 Å². The van der Waals surface area contributed by atoms with Crippen molar-refractivity contribution in [1.82, 2.24) is 14.9 Å². The van der Waals surface area contributed by atoms with Crippen LogP contribution in [0.2, 0.25) is 0 Å². The minimum atomic E-state index is -0.359. The van der Waals surface area contributed by atoms with Crippen LogP contribution in [-0.2, 0) is 4.79 Å². The van der Waals surface area contributed by atoms with E-state index in [1.54, 1.807) is 0 Å². The molecule has 0 bridgehead atoms. The molecule has 1 saturated heterocycles. The van der Waals surface area contributed by atoms with Crippen molar-refractivity contribution in [3.05, 3.63) is 53.1 Å². The second-order valence-corrected chi connectivity index (χ2v) is 9.53. The lowest BCUT2D eigenvalue weighted by molar-refractivity contribution is -0.849. The van der Waals surface area contributed by atoms with Crippen molar-refractivity contribution in [2.45, 2.75) is 44.4 Å². The van der Waals surface area contributed by atoms with Crippen molar-refractivity contribution in [3.8, 4) is 6.07 Å². The summed E-state index contributed by atoms with van der Waals surface area (Å²) in [6.45, 7) is 2.10. The molecular formula is C26H33N6O2+. The molecule has 1 aliphatic heterocycles. The van der Waals surface area contributed by atoms with Gasteiger partial charge in [-0.2, -0.15) is 5.26 Å². The maximum atomic E-state index is 12.8. The Morgan fingerprint density at radius 1 is 1.26 bits per heavy atom. The number of allylic oxidation sites excluding steroid dienone is 2. The Morgan fingerprint density at radius 2 is 2.06 bits per heavy atom. The molecule has 0 saturated carbocycles. The first-order valence-corrected chi connectivity index (χ1v) is 12.1. The van der Waals surface area contributed by atoms with Crippen molar-refractivity contribution < 1.29 is 14.5 Å². The molecule has 2 aliphatic rings. The molecule has 0 spiro atoms. The molecule has 3 N–H and O–H groups in total.